The van der Waals surface area contributed by atoms with Gasteiger partial charge >= 0.3 is 0 Å². The molecule has 1 fully saturated rings. The van der Waals surface area contributed by atoms with E-state index in [9.17, 15) is 4.79 Å². The number of hydrogen-bond acceptors (Lipinski definition) is 1. The summed E-state index contributed by atoms with van der Waals surface area (Å²) < 4.78 is 0. The number of unbranched alkanes of at least 4 members (excludes halogenated alkanes) is 1. The van der Waals surface area contributed by atoms with E-state index in [1.807, 2.05) is 0 Å². The van der Waals surface area contributed by atoms with Crippen LogP contribution in [0.4, 0.5) is 0 Å². The Labute approximate surface area is 87.7 Å². The molecule has 2 nitrogen and oxygen atoms in total. The summed E-state index contributed by atoms with van der Waals surface area (Å²) >= 11 is 0. The molecule has 1 aliphatic heterocycles. The first-order valence-corrected chi connectivity index (χ1v) is 5.96. The predicted octanol–water partition coefficient (Wildman–Crippen LogP) is 2.68. The van der Waals surface area contributed by atoms with Gasteiger partial charge in [0, 0.05) is 19.5 Å². The van der Waals surface area contributed by atoms with Crippen LogP contribution in [-0.4, -0.2) is 23.9 Å². The number of likely N-dealkylation sites (tertiary alicyclic amines) is 1. The van der Waals surface area contributed by atoms with Crippen molar-refractivity contribution in [2.45, 2.75) is 46.5 Å². The number of carbonyl (C=O) groups excluding carboxylic acids is 1. The lowest BCUT2D eigenvalue weighted by atomic mass is 9.96. The molecule has 1 rings (SSSR count). The van der Waals surface area contributed by atoms with Crippen molar-refractivity contribution < 1.29 is 4.79 Å². The quantitative estimate of drug-likeness (QED) is 0.678. The van der Waals surface area contributed by atoms with E-state index in [1.165, 1.54) is 6.42 Å². The molecular weight excluding hydrogens is 174 g/mol. The maximum Gasteiger partial charge on any atom is 0.222 e. The SMILES string of the molecule is CCCCC(=O)N1CC(C)C(CC)C1. The van der Waals surface area contributed by atoms with E-state index in [0.29, 0.717) is 11.8 Å². The molecule has 1 heterocycles. The fourth-order valence-electron chi connectivity index (χ4n) is 2.26. The third-order valence-electron chi connectivity index (χ3n) is 3.39. The van der Waals surface area contributed by atoms with Crippen LogP contribution in [0.25, 0.3) is 0 Å². The molecule has 0 aliphatic carbocycles. The topological polar surface area (TPSA) is 20.3 Å². The summed E-state index contributed by atoms with van der Waals surface area (Å²) in [5.74, 6) is 1.81. The van der Waals surface area contributed by atoms with E-state index >= 15 is 0 Å². The van der Waals surface area contributed by atoms with Gasteiger partial charge in [-0.1, -0.05) is 33.6 Å². The fourth-order valence-corrected chi connectivity index (χ4v) is 2.26. The highest BCUT2D eigenvalue weighted by Gasteiger charge is 2.30. The van der Waals surface area contributed by atoms with Crippen LogP contribution in [0.5, 0.6) is 0 Å². The van der Waals surface area contributed by atoms with Crippen molar-refractivity contribution in [3.8, 4) is 0 Å². The Hall–Kier alpha value is -0.530. The minimum Gasteiger partial charge on any atom is -0.342 e. The lowest BCUT2D eigenvalue weighted by Crippen LogP contribution is -2.28. The van der Waals surface area contributed by atoms with Crippen LogP contribution < -0.4 is 0 Å². The fraction of sp³-hybridized carbons (Fsp3) is 0.917. The number of amides is 1. The molecule has 2 unspecified atom stereocenters. The molecule has 2 atom stereocenters. The van der Waals surface area contributed by atoms with Crippen LogP contribution in [0.3, 0.4) is 0 Å². The van der Waals surface area contributed by atoms with Gasteiger partial charge in [-0.05, 0) is 18.3 Å². The van der Waals surface area contributed by atoms with Crippen LogP contribution in [0, 0.1) is 11.8 Å². The molecule has 0 bridgehead atoms. The van der Waals surface area contributed by atoms with Crippen molar-refractivity contribution >= 4 is 5.91 Å². The van der Waals surface area contributed by atoms with Gasteiger partial charge in [-0.3, -0.25) is 4.79 Å². The van der Waals surface area contributed by atoms with Crippen molar-refractivity contribution in [2.24, 2.45) is 11.8 Å². The monoisotopic (exact) mass is 197 g/mol. The van der Waals surface area contributed by atoms with Gasteiger partial charge in [0.2, 0.25) is 5.91 Å². The van der Waals surface area contributed by atoms with E-state index in [2.05, 4.69) is 25.7 Å². The maximum atomic E-state index is 11.7. The molecule has 0 radical (unpaired) electrons. The molecule has 2 heteroatoms. The molecule has 1 saturated heterocycles. The van der Waals surface area contributed by atoms with Gasteiger partial charge in [0.25, 0.3) is 0 Å². The Morgan fingerprint density at radius 3 is 2.57 bits per heavy atom. The standard InChI is InChI=1S/C12H23NO/c1-4-6-7-12(14)13-8-10(3)11(5-2)9-13/h10-11H,4-9H2,1-3H3. The molecule has 0 aromatic heterocycles. The minimum atomic E-state index is 0.370. The number of hydrogen-bond donors (Lipinski definition) is 0. The Morgan fingerprint density at radius 1 is 1.36 bits per heavy atom. The van der Waals surface area contributed by atoms with Gasteiger partial charge < -0.3 is 4.90 Å². The molecule has 1 amide bonds. The molecule has 1 aliphatic rings. The lowest BCUT2D eigenvalue weighted by molar-refractivity contribution is -0.130. The third kappa shape index (κ3) is 2.73. The van der Waals surface area contributed by atoms with Crippen molar-refractivity contribution in [3.63, 3.8) is 0 Å². The number of nitrogens with zero attached hydrogens (tertiary/aromatic N) is 1. The summed E-state index contributed by atoms with van der Waals surface area (Å²) in [4.78, 5) is 13.8. The van der Waals surface area contributed by atoms with Crippen LogP contribution >= 0.6 is 0 Å². The van der Waals surface area contributed by atoms with Crippen LogP contribution in [-0.2, 0) is 4.79 Å². The first-order chi connectivity index (χ1) is 6.69. The number of carbonyl (C=O) groups is 1. The third-order valence-corrected chi connectivity index (χ3v) is 3.39. The van der Waals surface area contributed by atoms with Crippen molar-refractivity contribution in [1.29, 1.82) is 0 Å². The molecular formula is C12H23NO. The van der Waals surface area contributed by atoms with E-state index < -0.39 is 0 Å². The smallest absolute Gasteiger partial charge is 0.222 e. The van der Waals surface area contributed by atoms with E-state index in [1.54, 1.807) is 0 Å². The second-order valence-corrected chi connectivity index (χ2v) is 4.55. The van der Waals surface area contributed by atoms with Crippen LogP contribution in [0.1, 0.15) is 46.5 Å². The molecule has 82 valence electrons. The maximum absolute atomic E-state index is 11.7. The Bertz CT molecular complexity index is 191. The zero-order chi connectivity index (χ0) is 10.6. The predicted molar refractivity (Wildman–Crippen MR) is 59.1 cm³/mol. The van der Waals surface area contributed by atoms with Gasteiger partial charge in [-0.2, -0.15) is 0 Å². The van der Waals surface area contributed by atoms with Crippen molar-refractivity contribution in [1.82, 2.24) is 4.90 Å². The molecule has 0 aromatic carbocycles. The van der Waals surface area contributed by atoms with Crippen LogP contribution in [0.15, 0.2) is 0 Å². The highest BCUT2D eigenvalue weighted by molar-refractivity contribution is 5.76. The zero-order valence-electron chi connectivity index (χ0n) is 9.75. The van der Waals surface area contributed by atoms with Gasteiger partial charge in [-0.25, -0.2) is 0 Å². The second-order valence-electron chi connectivity index (χ2n) is 4.55. The Kier molecular flexibility index (Phi) is 4.43. The molecule has 14 heavy (non-hydrogen) atoms. The summed E-state index contributed by atoms with van der Waals surface area (Å²) in [6.45, 7) is 8.61. The van der Waals surface area contributed by atoms with Gasteiger partial charge in [0.05, 0.1) is 0 Å². The summed E-state index contributed by atoms with van der Waals surface area (Å²) in [6.07, 6.45) is 4.12. The summed E-state index contributed by atoms with van der Waals surface area (Å²) in [7, 11) is 0. The average Bonchev–Trinajstić information content (AvgIpc) is 2.56. The summed E-state index contributed by atoms with van der Waals surface area (Å²) in [5, 5.41) is 0. The first-order valence-electron chi connectivity index (χ1n) is 5.96. The van der Waals surface area contributed by atoms with Gasteiger partial charge in [-0.15, -0.1) is 0 Å². The highest BCUT2D eigenvalue weighted by atomic mass is 16.2. The normalized spacial score (nSPS) is 26.9. The Balaban J connectivity index is 2.36. The van der Waals surface area contributed by atoms with Crippen molar-refractivity contribution in [2.75, 3.05) is 13.1 Å². The molecule has 0 saturated carbocycles. The Morgan fingerprint density at radius 2 is 2.07 bits per heavy atom. The molecule has 0 N–H and O–H groups in total. The molecule has 0 aromatic rings. The van der Waals surface area contributed by atoms with E-state index in [0.717, 1.165) is 38.3 Å². The van der Waals surface area contributed by atoms with E-state index in [-0.39, 0.29) is 0 Å². The molecule has 0 spiro atoms. The minimum absolute atomic E-state index is 0.370. The first kappa shape index (κ1) is 11.5. The highest BCUT2D eigenvalue weighted by Crippen LogP contribution is 2.25. The summed E-state index contributed by atoms with van der Waals surface area (Å²) in [6, 6.07) is 0. The zero-order valence-corrected chi connectivity index (χ0v) is 9.75. The van der Waals surface area contributed by atoms with Crippen molar-refractivity contribution in [3.05, 3.63) is 0 Å². The summed E-state index contributed by atoms with van der Waals surface area (Å²) in [5.41, 5.74) is 0. The van der Waals surface area contributed by atoms with Gasteiger partial charge in [0.1, 0.15) is 0 Å². The number of rotatable bonds is 4. The van der Waals surface area contributed by atoms with Gasteiger partial charge in [0.15, 0.2) is 0 Å². The lowest BCUT2D eigenvalue weighted by Gasteiger charge is -2.15. The largest absolute Gasteiger partial charge is 0.342 e. The average molecular weight is 197 g/mol. The van der Waals surface area contributed by atoms with E-state index in [4.69, 9.17) is 0 Å². The van der Waals surface area contributed by atoms with Crippen LogP contribution in [0.2, 0.25) is 0 Å². The second kappa shape index (κ2) is 5.38.